The van der Waals surface area contributed by atoms with Gasteiger partial charge in [0.15, 0.2) is 0 Å². The van der Waals surface area contributed by atoms with Crippen LogP contribution in [-0.4, -0.2) is 22.7 Å². The molecular formula is C25H25N3O3S. The van der Waals surface area contributed by atoms with Crippen LogP contribution in [0.25, 0.3) is 10.9 Å². The number of aromatic nitrogens is 2. The zero-order valence-corrected chi connectivity index (χ0v) is 19.1. The van der Waals surface area contributed by atoms with E-state index in [2.05, 4.69) is 9.97 Å². The van der Waals surface area contributed by atoms with E-state index >= 15 is 0 Å². The van der Waals surface area contributed by atoms with Gasteiger partial charge in [-0.2, -0.15) is 4.31 Å². The number of nitrogens with one attached hydrogen (secondary N) is 1. The van der Waals surface area contributed by atoms with E-state index in [9.17, 15) is 13.2 Å². The summed E-state index contributed by atoms with van der Waals surface area (Å²) in [4.78, 5) is 20.1. The topological polar surface area (TPSA) is 83.1 Å². The highest BCUT2D eigenvalue weighted by Gasteiger charge is 2.26. The number of rotatable bonds is 6. The van der Waals surface area contributed by atoms with Crippen LogP contribution in [0.2, 0.25) is 0 Å². The molecule has 0 radical (unpaired) electrons. The zero-order chi connectivity index (χ0) is 22.9. The number of benzene rings is 2. The summed E-state index contributed by atoms with van der Waals surface area (Å²) in [5, 5.41) is 0.872. The largest absolute Gasteiger partial charge is 0.321 e. The summed E-state index contributed by atoms with van der Waals surface area (Å²) in [5.74, 6) is 0. The summed E-state index contributed by atoms with van der Waals surface area (Å²) in [7, 11) is -3.85. The monoisotopic (exact) mass is 447 g/mol. The number of aromatic amines is 1. The minimum absolute atomic E-state index is 0.0523. The number of nitrogens with zero attached hydrogens (tertiary/aromatic N) is 2. The van der Waals surface area contributed by atoms with E-state index < -0.39 is 10.0 Å². The molecule has 0 aliphatic heterocycles. The maximum atomic E-state index is 13.5. The maximum absolute atomic E-state index is 13.5. The van der Waals surface area contributed by atoms with Crippen LogP contribution in [0.5, 0.6) is 0 Å². The van der Waals surface area contributed by atoms with Gasteiger partial charge in [-0.1, -0.05) is 35.9 Å². The molecule has 0 saturated heterocycles. The fourth-order valence-electron chi connectivity index (χ4n) is 3.66. The van der Waals surface area contributed by atoms with Crippen molar-refractivity contribution in [3.8, 4) is 0 Å². The zero-order valence-electron chi connectivity index (χ0n) is 18.3. The van der Waals surface area contributed by atoms with Crippen molar-refractivity contribution in [2.45, 2.75) is 38.8 Å². The molecule has 0 unspecified atom stereocenters. The summed E-state index contributed by atoms with van der Waals surface area (Å²) < 4.78 is 28.4. The molecule has 0 fully saturated rings. The van der Waals surface area contributed by atoms with Gasteiger partial charge in [-0.15, -0.1) is 0 Å². The summed E-state index contributed by atoms with van der Waals surface area (Å²) in [6.07, 6.45) is 3.27. The molecule has 4 aromatic rings. The molecule has 2 aromatic heterocycles. The number of aryl methyl sites for hydroxylation is 3. The molecular weight excluding hydrogens is 422 g/mol. The van der Waals surface area contributed by atoms with Gasteiger partial charge in [-0.25, -0.2) is 8.42 Å². The highest BCUT2D eigenvalue weighted by atomic mass is 32.2. The summed E-state index contributed by atoms with van der Waals surface area (Å²) in [6.45, 7) is 5.91. The summed E-state index contributed by atoms with van der Waals surface area (Å²) in [6, 6.07) is 16.0. The van der Waals surface area contributed by atoms with E-state index in [1.165, 1.54) is 4.31 Å². The molecule has 4 rings (SSSR count). The lowest BCUT2D eigenvalue weighted by atomic mass is 10.0. The number of H-pyrrole nitrogens is 1. The van der Waals surface area contributed by atoms with Crippen molar-refractivity contribution in [1.82, 2.24) is 14.3 Å². The van der Waals surface area contributed by atoms with Gasteiger partial charge in [0.1, 0.15) is 0 Å². The Morgan fingerprint density at radius 3 is 2.41 bits per heavy atom. The Balaban J connectivity index is 1.78. The number of fused-ring (bicyclic) bond motifs is 1. The minimum atomic E-state index is -3.85. The van der Waals surface area contributed by atoms with Crippen LogP contribution in [0, 0.1) is 20.8 Å². The van der Waals surface area contributed by atoms with E-state index in [1.807, 2.05) is 39.0 Å². The molecule has 0 aliphatic carbocycles. The quantitative estimate of drug-likeness (QED) is 0.479. The van der Waals surface area contributed by atoms with E-state index in [0.29, 0.717) is 5.56 Å². The number of hydrogen-bond acceptors (Lipinski definition) is 4. The second-order valence-corrected chi connectivity index (χ2v) is 9.98. The molecule has 0 bridgehead atoms. The third-order valence-corrected chi connectivity index (χ3v) is 7.52. The van der Waals surface area contributed by atoms with Crippen molar-refractivity contribution in [2.75, 3.05) is 0 Å². The first-order valence-electron chi connectivity index (χ1n) is 10.3. The van der Waals surface area contributed by atoms with E-state index in [0.717, 1.165) is 33.2 Å². The molecule has 1 N–H and O–H groups in total. The Morgan fingerprint density at radius 2 is 1.72 bits per heavy atom. The molecule has 7 heteroatoms. The highest BCUT2D eigenvalue weighted by Crippen LogP contribution is 2.23. The molecule has 32 heavy (non-hydrogen) atoms. The van der Waals surface area contributed by atoms with Gasteiger partial charge in [0.2, 0.25) is 10.0 Å². The molecule has 0 saturated carbocycles. The van der Waals surface area contributed by atoms with Crippen LogP contribution in [-0.2, 0) is 23.1 Å². The molecule has 0 atom stereocenters. The third-order valence-electron chi connectivity index (χ3n) is 5.72. The normalized spacial score (nSPS) is 11.9. The van der Waals surface area contributed by atoms with Crippen molar-refractivity contribution >= 4 is 20.9 Å². The van der Waals surface area contributed by atoms with Crippen molar-refractivity contribution in [1.29, 1.82) is 0 Å². The Hall–Kier alpha value is -3.29. The van der Waals surface area contributed by atoms with Gasteiger partial charge >= 0.3 is 0 Å². The number of sulfonamides is 1. The first kappa shape index (κ1) is 21.9. The maximum Gasteiger partial charge on any atom is 0.252 e. The van der Waals surface area contributed by atoms with Gasteiger partial charge in [0.25, 0.3) is 5.56 Å². The van der Waals surface area contributed by atoms with Crippen molar-refractivity contribution in [3.63, 3.8) is 0 Å². The second kappa shape index (κ2) is 8.68. The number of hydrogen-bond donors (Lipinski definition) is 1. The van der Waals surface area contributed by atoms with Gasteiger partial charge in [-0.3, -0.25) is 9.78 Å². The van der Waals surface area contributed by atoms with Gasteiger partial charge in [0.05, 0.1) is 10.4 Å². The Bertz CT molecular complexity index is 1430. The van der Waals surface area contributed by atoms with Crippen LogP contribution in [0.4, 0.5) is 0 Å². The van der Waals surface area contributed by atoms with Crippen LogP contribution in [0.1, 0.15) is 27.8 Å². The van der Waals surface area contributed by atoms with E-state index in [4.69, 9.17) is 0 Å². The lowest BCUT2D eigenvalue weighted by Gasteiger charge is -2.22. The minimum Gasteiger partial charge on any atom is -0.321 e. The smallest absolute Gasteiger partial charge is 0.252 e. The highest BCUT2D eigenvalue weighted by molar-refractivity contribution is 7.89. The average molecular weight is 448 g/mol. The van der Waals surface area contributed by atoms with E-state index in [-0.39, 0.29) is 23.5 Å². The average Bonchev–Trinajstić information content (AvgIpc) is 2.78. The second-order valence-electron chi connectivity index (χ2n) is 8.04. The molecule has 0 amide bonds. The predicted octanol–water partition coefficient (Wildman–Crippen LogP) is 4.24. The Morgan fingerprint density at radius 1 is 0.969 bits per heavy atom. The summed E-state index contributed by atoms with van der Waals surface area (Å²) in [5.41, 5.74) is 4.68. The Labute approximate surface area is 187 Å². The van der Waals surface area contributed by atoms with Gasteiger partial charge in [-0.05, 0) is 67.1 Å². The van der Waals surface area contributed by atoms with Gasteiger partial charge in [0, 0.05) is 31.0 Å². The molecule has 0 spiro atoms. The van der Waals surface area contributed by atoms with Crippen molar-refractivity contribution in [3.05, 3.63) is 105 Å². The fraction of sp³-hybridized carbons (Fsp3) is 0.200. The molecule has 2 heterocycles. The predicted molar refractivity (Wildman–Crippen MR) is 126 cm³/mol. The number of pyridine rings is 2. The standard InChI is InChI=1S/C25H25N3O3S/c1-17-6-10-23(11-7-17)32(30,31)28(15-20-5-4-12-26-14-20)16-22-13-21-9-8-18(2)19(3)24(21)27-25(22)29/h4-14H,15-16H2,1-3H3,(H,27,29). The molecule has 6 nitrogen and oxygen atoms in total. The molecule has 164 valence electrons. The van der Waals surface area contributed by atoms with E-state index in [1.54, 1.807) is 48.8 Å². The van der Waals surface area contributed by atoms with Crippen molar-refractivity contribution in [2.24, 2.45) is 0 Å². The van der Waals surface area contributed by atoms with Crippen LogP contribution in [0.15, 0.2) is 76.7 Å². The van der Waals surface area contributed by atoms with Gasteiger partial charge < -0.3 is 4.98 Å². The molecule has 0 aliphatic rings. The SMILES string of the molecule is Cc1ccc(S(=O)(=O)N(Cc2cccnc2)Cc2cc3ccc(C)c(C)c3[nH]c2=O)cc1. The van der Waals surface area contributed by atoms with Crippen LogP contribution in [0.3, 0.4) is 0 Å². The summed E-state index contributed by atoms with van der Waals surface area (Å²) >= 11 is 0. The van der Waals surface area contributed by atoms with Crippen LogP contribution < -0.4 is 5.56 Å². The van der Waals surface area contributed by atoms with Crippen molar-refractivity contribution < 1.29 is 8.42 Å². The Kier molecular flexibility index (Phi) is 5.95. The lowest BCUT2D eigenvalue weighted by Crippen LogP contribution is -2.32. The first-order valence-corrected chi connectivity index (χ1v) is 11.8. The fourth-order valence-corrected chi connectivity index (χ4v) is 5.06. The first-order chi connectivity index (χ1) is 15.3. The molecule has 2 aromatic carbocycles. The lowest BCUT2D eigenvalue weighted by molar-refractivity contribution is 0.399. The third kappa shape index (κ3) is 4.35. The van der Waals surface area contributed by atoms with Crippen LogP contribution >= 0.6 is 0 Å².